The molecule has 3 amide bonds. The predicted octanol–water partition coefficient (Wildman–Crippen LogP) is 4.98. The fraction of sp³-hybridized carbons (Fsp3) is 0.130. The molecule has 152 valence electrons. The van der Waals surface area contributed by atoms with Crippen molar-refractivity contribution in [3.8, 4) is 5.69 Å². The molecular formula is C23H19ClFN3O2. The Morgan fingerprint density at radius 3 is 2.37 bits per heavy atom. The molecule has 0 aliphatic carbocycles. The Kier molecular flexibility index (Phi) is 5.18. The zero-order valence-corrected chi connectivity index (χ0v) is 17.2. The fourth-order valence-electron chi connectivity index (χ4n) is 3.56. The zero-order chi connectivity index (χ0) is 21.4. The molecule has 1 aliphatic rings. The van der Waals surface area contributed by atoms with Gasteiger partial charge in [0, 0.05) is 22.1 Å². The van der Waals surface area contributed by atoms with Gasteiger partial charge in [0.25, 0.3) is 5.91 Å². The van der Waals surface area contributed by atoms with Crippen molar-refractivity contribution in [1.29, 1.82) is 0 Å². The fourth-order valence-corrected chi connectivity index (χ4v) is 3.69. The van der Waals surface area contributed by atoms with E-state index in [9.17, 15) is 14.0 Å². The minimum Gasteiger partial charge on any atom is -0.318 e. The van der Waals surface area contributed by atoms with E-state index in [1.165, 1.54) is 12.1 Å². The van der Waals surface area contributed by atoms with Gasteiger partial charge < -0.3 is 9.88 Å². The van der Waals surface area contributed by atoms with Crippen LogP contribution in [-0.2, 0) is 11.3 Å². The molecule has 30 heavy (non-hydrogen) atoms. The molecule has 0 spiro atoms. The van der Waals surface area contributed by atoms with E-state index in [0.29, 0.717) is 10.6 Å². The Morgan fingerprint density at radius 1 is 1.03 bits per heavy atom. The summed E-state index contributed by atoms with van der Waals surface area (Å²) in [5.41, 5.74) is 4.58. The molecule has 0 saturated carbocycles. The highest BCUT2D eigenvalue weighted by Gasteiger charge is 2.33. The number of aromatic nitrogens is 1. The van der Waals surface area contributed by atoms with Gasteiger partial charge in [0.15, 0.2) is 0 Å². The van der Waals surface area contributed by atoms with Gasteiger partial charge in [-0.15, -0.1) is 0 Å². The minimum atomic E-state index is -0.498. The Balaban J connectivity index is 1.61. The summed E-state index contributed by atoms with van der Waals surface area (Å²) < 4.78 is 15.2. The molecular weight excluding hydrogens is 405 g/mol. The first-order valence-electron chi connectivity index (χ1n) is 9.37. The van der Waals surface area contributed by atoms with Crippen LogP contribution in [0.15, 0.2) is 60.3 Å². The maximum atomic E-state index is 13.1. The van der Waals surface area contributed by atoms with Gasteiger partial charge in [-0.25, -0.2) is 9.18 Å². The van der Waals surface area contributed by atoms with Crippen molar-refractivity contribution in [3.05, 3.63) is 93.6 Å². The van der Waals surface area contributed by atoms with Crippen LogP contribution in [0.5, 0.6) is 0 Å². The number of hydrogen-bond donors (Lipinski definition) is 1. The number of benzene rings is 2. The SMILES string of the molecule is Cc1cc(C=C2NC(=O)N(Cc3ccc(F)cc3)C2=O)c(C)n1-c1ccc(Cl)cc1. The van der Waals surface area contributed by atoms with Crippen LogP contribution in [0, 0.1) is 19.7 Å². The van der Waals surface area contributed by atoms with Crippen molar-refractivity contribution in [2.24, 2.45) is 0 Å². The third-order valence-electron chi connectivity index (χ3n) is 5.07. The number of rotatable bonds is 4. The van der Waals surface area contributed by atoms with Crippen LogP contribution in [0.2, 0.25) is 5.02 Å². The normalized spacial score (nSPS) is 15.2. The van der Waals surface area contributed by atoms with Gasteiger partial charge in [-0.2, -0.15) is 0 Å². The molecule has 3 aromatic rings. The number of carbonyl (C=O) groups is 2. The minimum absolute atomic E-state index is 0.0755. The standard InChI is InChI=1S/C23H19ClFN3O2/c1-14-11-17(15(2)28(14)20-9-5-18(24)6-10-20)12-21-22(29)27(23(30)26-21)13-16-3-7-19(25)8-4-16/h3-12H,13H2,1-2H3,(H,26,30). The molecule has 4 rings (SSSR count). The maximum absolute atomic E-state index is 13.1. The van der Waals surface area contributed by atoms with Gasteiger partial charge in [-0.3, -0.25) is 9.69 Å². The summed E-state index contributed by atoms with van der Waals surface area (Å²) >= 11 is 5.99. The van der Waals surface area contributed by atoms with Crippen molar-refractivity contribution in [1.82, 2.24) is 14.8 Å². The second kappa shape index (κ2) is 7.80. The number of nitrogens with zero attached hydrogens (tertiary/aromatic N) is 2. The molecule has 7 heteroatoms. The number of nitrogens with one attached hydrogen (secondary N) is 1. The lowest BCUT2D eigenvalue weighted by Gasteiger charge is -2.11. The van der Waals surface area contributed by atoms with Crippen LogP contribution in [0.1, 0.15) is 22.5 Å². The van der Waals surface area contributed by atoms with E-state index in [0.717, 1.165) is 27.5 Å². The Morgan fingerprint density at radius 2 is 1.70 bits per heavy atom. The molecule has 1 N–H and O–H groups in total. The molecule has 0 unspecified atom stereocenters. The average molecular weight is 424 g/mol. The van der Waals surface area contributed by atoms with Crippen molar-refractivity contribution in [2.75, 3.05) is 0 Å². The number of imide groups is 1. The molecule has 5 nitrogen and oxygen atoms in total. The van der Waals surface area contributed by atoms with Gasteiger partial charge in [0.05, 0.1) is 6.54 Å². The summed E-state index contributed by atoms with van der Waals surface area (Å²) in [6.07, 6.45) is 1.68. The highest BCUT2D eigenvalue weighted by molar-refractivity contribution is 6.30. The molecule has 0 radical (unpaired) electrons. The molecule has 1 fully saturated rings. The van der Waals surface area contributed by atoms with Gasteiger partial charge in [0.2, 0.25) is 0 Å². The van der Waals surface area contributed by atoms with Crippen molar-refractivity contribution in [2.45, 2.75) is 20.4 Å². The van der Waals surface area contributed by atoms with Gasteiger partial charge in [-0.05, 0) is 73.5 Å². The summed E-state index contributed by atoms with van der Waals surface area (Å²) in [6.45, 7) is 4.00. The van der Waals surface area contributed by atoms with E-state index >= 15 is 0 Å². The smallest absolute Gasteiger partial charge is 0.318 e. The lowest BCUT2D eigenvalue weighted by Crippen LogP contribution is -2.30. The van der Waals surface area contributed by atoms with Crippen LogP contribution < -0.4 is 5.32 Å². The molecule has 2 aromatic carbocycles. The van der Waals surface area contributed by atoms with E-state index < -0.39 is 11.9 Å². The van der Waals surface area contributed by atoms with Crippen LogP contribution in [0.4, 0.5) is 9.18 Å². The number of urea groups is 1. The zero-order valence-electron chi connectivity index (χ0n) is 16.4. The number of carbonyl (C=O) groups excluding carboxylic acids is 2. The van der Waals surface area contributed by atoms with E-state index in [1.807, 2.05) is 44.2 Å². The second-order valence-electron chi connectivity index (χ2n) is 7.14. The van der Waals surface area contributed by atoms with Gasteiger partial charge >= 0.3 is 6.03 Å². The molecule has 1 saturated heterocycles. The summed E-state index contributed by atoms with van der Waals surface area (Å²) in [5.74, 6) is -0.784. The molecule has 2 heterocycles. The molecule has 0 bridgehead atoms. The highest BCUT2D eigenvalue weighted by atomic mass is 35.5. The Labute approximate surface area is 178 Å². The van der Waals surface area contributed by atoms with Crippen LogP contribution >= 0.6 is 11.6 Å². The van der Waals surface area contributed by atoms with Crippen LogP contribution in [0.3, 0.4) is 0 Å². The largest absolute Gasteiger partial charge is 0.329 e. The first-order chi connectivity index (χ1) is 14.3. The average Bonchev–Trinajstić information content (AvgIpc) is 3.14. The number of hydrogen-bond acceptors (Lipinski definition) is 2. The first kappa shape index (κ1) is 19.9. The summed E-state index contributed by atoms with van der Waals surface area (Å²) in [4.78, 5) is 26.2. The van der Waals surface area contributed by atoms with Gasteiger partial charge in [-0.1, -0.05) is 23.7 Å². The van der Waals surface area contributed by atoms with Crippen molar-refractivity contribution in [3.63, 3.8) is 0 Å². The summed E-state index contributed by atoms with van der Waals surface area (Å²) in [5, 5.41) is 3.29. The summed E-state index contributed by atoms with van der Waals surface area (Å²) in [6, 6.07) is 14.7. The van der Waals surface area contributed by atoms with Crippen molar-refractivity contribution < 1.29 is 14.0 Å². The second-order valence-corrected chi connectivity index (χ2v) is 7.58. The Hall–Kier alpha value is -3.38. The number of halogens is 2. The maximum Gasteiger partial charge on any atom is 0.329 e. The van der Waals surface area contributed by atoms with E-state index in [4.69, 9.17) is 11.6 Å². The topological polar surface area (TPSA) is 54.3 Å². The third-order valence-corrected chi connectivity index (χ3v) is 5.32. The molecule has 1 aromatic heterocycles. The van der Waals surface area contributed by atoms with E-state index in [-0.39, 0.29) is 18.1 Å². The molecule has 0 atom stereocenters. The number of aryl methyl sites for hydroxylation is 1. The van der Waals surface area contributed by atoms with Crippen LogP contribution in [-0.4, -0.2) is 21.4 Å². The predicted molar refractivity (Wildman–Crippen MR) is 114 cm³/mol. The van der Waals surface area contributed by atoms with E-state index in [1.54, 1.807) is 18.2 Å². The highest BCUT2D eigenvalue weighted by Crippen LogP contribution is 2.25. The van der Waals surface area contributed by atoms with Crippen LogP contribution in [0.25, 0.3) is 11.8 Å². The first-order valence-corrected chi connectivity index (χ1v) is 9.75. The van der Waals surface area contributed by atoms with Gasteiger partial charge in [0.1, 0.15) is 11.5 Å². The summed E-state index contributed by atoms with van der Waals surface area (Å²) in [7, 11) is 0. The van der Waals surface area contributed by atoms with Crippen molar-refractivity contribution >= 4 is 29.6 Å². The number of amides is 3. The lowest BCUT2D eigenvalue weighted by atomic mass is 10.2. The third kappa shape index (κ3) is 3.74. The quantitative estimate of drug-likeness (QED) is 0.475. The Bertz CT molecular complexity index is 1160. The lowest BCUT2D eigenvalue weighted by molar-refractivity contribution is -0.123. The monoisotopic (exact) mass is 423 g/mol. The van der Waals surface area contributed by atoms with E-state index in [2.05, 4.69) is 9.88 Å². The molecule has 1 aliphatic heterocycles.